The summed E-state index contributed by atoms with van der Waals surface area (Å²) in [5.41, 5.74) is 0.745. The fourth-order valence-corrected chi connectivity index (χ4v) is 7.70. The molecule has 4 nitrogen and oxygen atoms in total. The minimum atomic E-state index is -0.0594. The quantitative estimate of drug-likeness (QED) is 0.813. The van der Waals surface area contributed by atoms with Crippen LogP contribution in [0.25, 0.3) is 0 Å². The Hall–Kier alpha value is -1.58. The van der Waals surface area contributed by atoms with E-state index >= 15 is 0 Å². The highest BCUT2D eigenvalue weighted by Gasteiger charge is 2.63. The molecule has 4 heteroatoms. The SMILES string of the molecule is C[C@]12CC3CC(C(=O)N4CCN(c5ccccn5)CC4)(C1)C[C@@](C)(C3)C2. The first-order valence-corrected chi connectivity index (χ1v) is 10.3. The van der Waals surface area contributed by atoms with E-state index in [9.17, 15) is 4.79 Å². The van der Waals surface area contributed by atoms with Crippen molar-refractivity contribution in [3.63, 3.8) is 0 Å². The zero-order valence-electron chi connectivity index (χ0n) is 16.2. The molecule has 140 valence electrons. The second kappa shape index (κ2) is 5.46. The highest BCUT2D eigenvalue weighted by molar-refractivity contribution is 5.84. The first-order chi connectivity index (χ1) is 12.4. The van der Waals surface area contributed by atoms with Gasteiger partial charge in [0, 0.05) is 32.4 Å². The van der Waals surface area contributed by atoms with Gasteiger partial charge in [0.05, 0.1) is 5.41 Å². The molecule has 0 radical (unpaired) electrons. The Bertz CT molecular complexity index is 691. The van der Waals surface area contributed by atoms with Gasteiger partial charge in [-0.15, -0.1) is 0 Å². The molecule has 4 aliphatic carbocycles. The minimum Gasteiger partial charge on any atom is -0.353 e. The lowest BCUT2D eigenvalue weighted by Gasteiger charge is -2.65. The van der Waals surface area contributed by atoms with Gasteiger partial charge >= 0.3 is 0 Å². The first-order valence-electron chi connectivity index (χ1n) is 10.3. The summed E-state index contributed by atoms with van der Waals surface area (Å²) in [4.78, 5) is 22.6. The molecule has 0 N–H and O–H groups in total. The van der Waals surface area contributed by atoms with Crippen molar-refractivity contribution in [2.24, 2.45) is 22.2 Å². The lowest BCUT2D eigenvalue weighted by Crippen LogP contribution is -2.62. The number of hydrogen-bond acceptors (Lipinski definition) is 3. The Morgan fingerprint density at radius 3 is 2.27 bits per heavy atom. The molecular formula is C22H31N3O. The normalized spacial score (nSPS) is 41.5. The van der Waals surface area contributed by atoms with Crippen LogP contribution in [0.2, 0.25) is 0 Å². The number of hydrogen-bond donors (Lipinski definition) is 0. The number of rotatable bonds is 2. The van der Waals surface area contributed by atoms with E-state index in [1.54, 1.807) is 0 Å². The number of carbonyl (C=O) groups excluding carboxylic acids is 1. The van der Waals surface area contributed by atoms with Crippen molar-refractivity contribution in [1.29, 1.82) is 0 Å². The van der Waals surface area contributed by atoms with Crippen LogP contribution in [0, 0.1) is 22.2 Å². The van der Waals surface area contributed by atoms with Gasteiger partial charge in [-0.1, -0.05) is 19.9 Å². The maximum Gasteiger partial charge on any atom is 0.228 e. The molecule has 0 spiro atoms. The summed E-state index contributed by atoms with van der Waals surface area (Å²) in [7, 11) is 0. The van der Waals surface area contributed by atoms with Crippen molar-refractivity contribution in [1.82, 2.24) is 9.88 Å². The zero-order valence-corrected chi connectivity index (χ0v) is 16.2. The first kappa shape index (κ1) is 16.6. The molecule has 6 rings (SSSR count). The van der Waals surface area contributed by atoms with Gasteiger partial charge in [0.1, 0.15) is 5.82 Å². The molecule has 4 saturated carbocycles. The summed E-state index contributed by atoms with van der Waals surface area (Å²) in [6.07, 6.45) is 9.30. The minimum absolute atomic E-state index is 0.0594. The molecule has 0 aromatic carbocycles. The standard InChI is InChI=1S/C22H31N3O/c1-20-11-17-12-21(2,14-20)16-22(13-17,15-20)19(26)25-9-7-24(8-10-25)18-5-3-4-6-23-18/h3-6,17H,7-16H2,1-2H3/t17?,20-,21+,22?. The molecule has 1 amide bonds. The summed E-state index contributed by atoms with van der Waals surface area (Å²) >= 11 is 0. The van der Waals surface area contributed by atoms with Crippen molar-refractivity contribution in [2.45, 2.75) is 52.4 Å². The summed E-state index contributed by atoms with van der Waals surface area (Å²) in [6.45, 7) is 8.39. The third-order valence-electron chi connectivity index (χ3n) is 7.62. The molecule has 4 bridgehead atoms. The van der Waals surface area contributed by atoms with Crippen LogP contribution in [0.15, 0.2) is 24.4 Å². The van der Waals surface area contributed by atoms with Crippen LogP contribution in [0.4, 0.5) is 5.82 Å². The molecule has 1 aliphatic heterocycles. The fraction of sp³-hybridized carbons (Fsp3) is 0.727. The van der Waals surface area contributed by atoms with E-state index in [-0.39, 0.29) is 5.41 Å². The lowest BCUT2D eigenvalue weighted by atomic mass is 9.40. The number of carbonyl (C=O) groups is 1. The summed E-state index contributed by atoms with van der Waals surface area (Å²) in [5, 5.41) is 0. The Kier molecular flexibility index (Phi) is 3.48. The molecule has 1 aromatic rings. The number of pyridine rings is 1. The average molecular weight is 354 g/mol. The van der Waals surface area contributed by atoms with Crippen molar-refractivity contribution in [3.05, 3.63) is 24.4 Å². The molecule has 5 fully saturated rings. The molecule has 2 heterocycles. The third kappa shape index (κ3) is 2.56. The van der Waals surface area contributed by atoms with Crippen molar-refractivity contribution in [2.75, 3.05) is 31.1 Å². The molecule has 4 atom stereocenters. The van der Waals surface area contributed by atoms with Crippen molar-refractivity contribution >= 4 is 11.7 Å². The number of nitrogens with zero attached hydrogens (tertiary/aromatic N) is 3. The molecule has 26 heavy (non-hydrogen) atoms. The maximum atomic E-state index is 13.7. The topological polar surface area (TPSA) is 36.4 Å². The summed E-state index contributed by atoms with van der Waals surface area (Å²) < 4.78 is 0. The van der Waals surface area contributed by atoms with E-state index < -0.39 is 0 Å². The van der Waals surface area contributed by atoms with Gasteiger partial charge in [0.2, 0.25) is 5.91 Å². The monoisotopic (exact) mass is 353 g/mol. The number of amides is 1. The Labute approximate surface area is 157 Å². The van der Waals surface area contributed by atoms with E-state index in [0.29, 0.717) is 16.7 Å². The Morgan fingerprint density at radius 2 is 1.69 bits per heavy atom. The molecule has 5 aliphatic rings. The lowest BCUT2D eigenvalue weighted by molar-refractivity contribution is -0.179. The van der Waals surface area contributed by atoms with Gasteiger partial charge < -0.3 is 9.80 Å². The molecular weight excluding hydrogens is 322 g/mol. The average Bonchev–Trinajstić information content (AvgIpc) is 2.59. The molecule has 2 unspecified atom stereocenters. The van der Waals surface area contributed by atoms with Gasteiger partial charge in [-0.3, -0.25) is 4.79 Å². The number of aromatic nitrogens is 1. The van der Waals surface area contributed by atoms with Gasteiger partial charge in [-0.25, -0.2) is 4.98 Å². The largest absolute Gasteiger partial charge is 0.353 e. The Morgan fingerprint density at radius 1 is 1.00 bits per heavy atom. The number of piperazine rings is 1. The van der Waals surface area contributed by atoms with E-state index in [0.717, 1.165) is 57.2 Å². The number of anilines is 1. The van der Waals surface area contributed by atoms with Crippen LogP contribution < -0.4 is 4.90 Å². The van der Waals surface area contributed by atoms with Crippen LogP contribution in [0.3, 0.4) is 0 Å². The maximum absolute atomic E-state index is 13.7. The summed E-state index contributed by atoms with van der Waals surface area (Å²) in [5.74, 6) is 2.29. The fourth-order valence-electron chi connectivity index (χ4n) is 7.70. The second-order valence-electron chi connectivity index (χ2n) is 10.4. The molecule has 1 aromatic heterocycles. The third-order valence-corrected chi connectivity index (χ3v) is 7.62. The highest BCUT2D eigenvalue weighted by Crippen LogP contribution is 2.69. The zero-order chi connectivity index (χ0) is 18.0. The van der Waals surface area contributed by atoms with Gasteiger partial charge in [0.15, 0.2) is 0 Å². The van der Waals surface area contributed by atoms with E-state index in [4.69, 9.17) is 0 Å². The van der Waals surface area contributed by atoms with Gasteiger partial charge in [-0.05, 0) is 67.4 Å². The highest BCUT2D eigenvalue weighted by atomic mass is 16.2. The van der Waals surface area contributed by atoms with Crippen LogP contribution in [0.1, 0.15) is 52.4 Å². The van der Waals surface area contributed by atoms with E-state index in [1.165, 1.54) is 19.3 Å². The predicted octanol–water partition coefficient (Wildman–Crippen LogP) is 3.73. The summed E-state index contributed by atoms with van der Waals surface area (Å²) in [6, 6.07) is 6.06. The van der Waals surface area contributed by atoms with Crippen molar-refractivity contribution in [3.8, 4) is 0 Å². The van der Waals surface area contributed by atoms with E-state index in [2.05, 4.69) is 34.7 Å². The van der Waals surface area contributed by atoms with Crippen LogP contribution in [0.5, 0.6) is 0 Å². The Balaban J connectivity index is 1.32. The van der Waals surface area contributed by atoms with Gasteiger partial charge in [-0.2, -0.15) is 0 Å². The molecule has 1 saturated heterocycles. The smallest absolute Gasteiger partial charge is 0.228 e. The van der Waals surface area contributed by atoms with Crippen LogP contribution >= 0.6 is 0 Å². The van der Waals surface area contributed by atoms with Gasteiger partial charge in [0.25, 0.3) is 0 Å². The van der Waals surface area contributed by atoms with Crippen molar-refractivity contribution < 1.29 is 4.79 Å². The van der Waals surface area contributed by atoms with Crippen LogP contribution in [-0.2, 0) is 4.79 Å². The van der Waals surface area contributed by atoms with Crippen LogP contribution in [-0.4, -0.2) is 42.0 Å². The van der Waals surface area contributed by atoms with E-state index in [1.807, 2.05) is 18.3 Å². The predicted molar refractivity (Wildman–Crippen MR) is 103 cm³/mol. The second-order valence-corrected chi connectivity index (χ2v) is 10.4.